The van der Waals surface area contributed by atoms with Crippen molar-refractivity contribution in [1.29, 1.82) is 0 Å². The number of aromatic nitrogens is 2. The van der Waals surface area contributed by atoms with Gasteiger partial charge in [-0.1, -0.05) is 6.92 Å². The minimum absolute atomic E-state index is 0.0384. The first-order valence-corrected chi connectivity index (χ1v) is 9.21. The van der Waals surface area contributed by atoms with E-state index in [4.69, 9.17) is 4.74 Å². The molecule has 0 saturated carbocycles. The number of fused-ring (bicyclic) bond motifs is 2. The lowest BCUT2D eigenvalue weighted by Gasteiger charge is -2.29. The molecule has 1 unspecified atom stereocenters. The fourth-order valence-corrected chi connectivity index (χ4v) is 4.49. The van der Waals surface area contributed by atoms with Crippen LogP contribution in [0.15, 0.2) is 12.3 Å². The van der Waals surface area contributed by atoms with Crippen molar-refractivity contribution >= 4 is 23.5 Å². The molecule has 24 heavy (non-hydrogen) atoms. The fourth-order valence-electron chi connectivity index (χ4n) is 4.49. The van der Waals surface area contributed by atoms with E-state index in [0.29, 0.717) is 11.4 Å². The molecule has 1 saturated heterocycles. The topological polar surface area (TPSA) is 67.5 Å². The molecule has 0 radical (unpaired) electrons. The Morgan fingerprint density at radius 2 is 2.17 bits per heavy atom. The number of benzene rings is 1. The minimum atomic E-state index is -1.46. The van der Waals surface area contributed by atoms with Crippen molar-refractivity contribution in [3.05, 3.63) is 23.4 Å². The van der Waals surface area contributed by atoms with Crippen LogP contribution in [0.2, 0.25) is 0 Å². The Balaban J connectivity index is 1.91. The number of nitrogens with zero attached hydrogens (tertiary/aromatic N) is 2. The van der Waals surface area contributed by atoms with Crippen LogP contribution in [0.25, 0.3) is 10.9 Å². The second-order valence-corrected chi connectivity index (χ2v) is 7.08. The zero-order valence-corrected chi connectivity index (χ0v) is 14.2. The highest BCUT2D eigenvalue weighted by Gasteiger charge is 2.31. The summed E-state index contributed by atoms with van der Waals surface area (Å²) in [7, 11) is -1.46. The van der Waals surface area contributed by atoms with Gasteiger partial charge in [0, 0.05) is 12.0 Å². The Labute approximate surface area is 142 Å². The zero-order valence-electron chi connectivity index (χ0n) is 14.2. The quantitative estimate of drug-likeness (QED) is 0.848. The van der Waals surface area contributed by atoms with Gasteiger partial charge in [-0.15, -0.1) is 0 Å². The maximum absolute atomic E-state index is 10.1. The molecule has 5 nitrogen and oxygen atoms in total. The molecule has 0 amide bonds. The number of hydrogen-bond donors (Lipinski definition) is 2. The summed E-state index contributed by atoms with van der Waals surface area (Å²) in [5.41, 5.74) is 4.04. The molecule has 2 N–H and O–H groups in total. The highest BCUT2D eigenvalue weighted by molar-refractivity contribution is 6.62. The van der Waals surface area contributed by atoms with Gasteiger partial charge in [-0.25, -0.2) is 4.68 Å². The fraction of sp³-hybridized carbons (Fsp3) is 0.611. The Bertz CT molecular complexity index is 737. The van der Waals surface area contributed by atoms with Crippen LogP contribution in [-0.4, -0.2) is 33.6 Å². The second kappa shape index (κ2) is 6.50. The molecule has 1 aliphatic heterocycles. The normalized spacial score (nSPS) is 24.1. The van der Waals surface area contributed by atoms with E-state index in [0.717, 1.165) is 68.0 Å². The van der Waals surface area contributed by atoms with Crippen molar-refractivity contribution < 1.29 is 14.8 Å². The molecule has 2 aliphatic rings. The van der Waals surface area contributed by atoms with Crippen LogP contribution in [0, 0.1) is 0 Å². The van der Waals surface area contributed by atoms with Crippen LogP contribution >= 0.6 is 0 Å². The van der Waals surface area contributed by atoms with Crippen molar-refractivity contribution in [3.8, 4) is 0 Å². The summed E-state index contributed by atoms with van der Waals surface area (Å²) in [5, 5.41) is 25.6. The molecule has 6 heteroatoms. The van der Waals surface area contributed by atoms with Crippen LogP contribution in [0.5, 0.6) is 0 Å². The molecule has 128 valence electrons. The summed E-state index contributed by atoms with van der Waals surface area (Å²) in [6.45, 7) is 2.95. The van der Waals surface area contributed by atoms with Gasteiger partial charge in [-0.2, -0.15) is 5.10 Å². The largest absolute Gasteiger partial charge is 0.489 e. The Morgan fingerprint density at radius 3 is 2.88 bits per heavy atom. The maximum atomic E-state index is 10.1. The molecular formula is C18H25BN2O3. The van der Waals surface area contributed by atoms with E-state index in [1.54, 1.807) is 6.20 Å². The summed E-state index contributed by atoms with van der Waals surface area (Å²) in [6.07, 6.45) is 9.25. The number of aryl methyl sites for hydroxylation is 1. The lowest BCUT2D eigenvalue weighted by Crippen LogP contribution is -2.37. The van der Waals surface area contributed by atoms with E-state index in [1.165, 1.54) is 5.56 Å². The summed E-state index contributed by atoms with van der Waals surface area (Å²) in [6, 6.07) is 2.21. The molecule has 1 aromatic carbocycles. The van der Waals surface area contributed by atoms with E-state index in [1.807, 2.05) is 4.68 Å². The molecule has 1 aliphatic carbocycles. The van der Waals surface area contributed by atoms with Crippen molar-refractivity contribution in [2.75, 3.05) is 6.61 Å². The number of rotatable bonds is 3. The van der Waals surface area contributed by atoms with Crippen LogP contribution < -0.4 is 5.46 Å². The Hall–Kier alpha value is -1.37. The third kappa shape index (κ3) is 2.57. The first-order chi connectivity index (χ1) is 11.7. The summed E-state index contributed by atoms with van der Waals surface area (Å²) >= 11 is 0. The molecule has 1 fully saturated rings. The van der Waals surface area contributed by atoms with Crippen molar-refractivity contribution in [3.63, 3.8) is 0 Å². The molecular weight excluding hydrogens is 303 g/mol. The molecule has 2 aromatic rings. The van der Waals surface area contributed by atoms with Gasteiger partial charge >= 0.3 is 7.12 Å². The van der Waals surface area contributed by atoms with E-state index in [9.17, 15) is 10.0 Å². The van der Waals surface area contributed by atoms with Crippen molar-refractivity contribution in [2.24, 2.45) is 0 Å². The molecule has 2 heterocycles. The van der Waals surface area contributed by atoms with Gasteiger partial charge in [0.15, 0.2) is 6.23 Å². The summed E-state index contributed by atoms with van der Waals surface area (Å²) in [4.78, 5) is 0. The van der Waals surface area contributed by atoms with E-state index < -0.39 is 7.12 Å². The average Bonchev–Trinajstić information content (AvgIpc) is 3.02. The molecule has 4 rings (SSSR count). The van der Waals surface area contributed by atoms with Gasteiger partial charge in [0.25, 0.3) is 0 Å². The van der Waals surface area contributed by atoms with Crippen LogP contribution in [0.4, 0.5) is 0 Å². The average molecular weight is 328 g/mol. The maximum Gasteiger partial charge on any atom is 0.489 e. The predicted molar refractivity (Wildman–Crippen MR) is 94.4 cm³/mol. The van der Waals surface area contributed by atoms with E-state index in [-0.39, 0.29) is 6.23 Å². The van der Waals surface area contributed by atoms with Crippen molar-refractivity contribution in [1.82, 2.24) is 9.78 Å². The Kier molecular flexibility index (Phi) is 4.37. The molecule has 1 aromatic heterocycles. The SMILES string of the molecule is CC[C@@H]1CCCc2cc3c(cnn3C3CCCCO3)c(B(O)O)c21. The second-order valence-electron chi connectivity index (χ2n) is 7.08. The Morgan fingerprint density at radius 1 is 1.29 bits per heavy atom. The van der Waals surface area contributed by atoms with Crippen LogP contribution in [0.1, 0.15) is 68.7 Å². The standard InChI is InChI=1S/C18H25BN2O3/c1-2-12-6-5-7-13-10-15-14(18(17(12)13)19(22)23)11-20-21(15)16-8-3-4-9-24-16/h10-12,16,22-23H,2-9H2,1H3/t12-,16?/m1/s1. The first-order valence-electron chi connectivity index (χ1n) is 9.21. The molecule has 0 bridgehead atoms. The third-order valence-electron chi connectivity index (χ3n) is 5.66. The highest BCUT2D eigenvalue weighted by atomic mass is 16.5. The van der Waals surface area contributed by atoms with Gasteiger partial charge in [0.1, 0.15) is 0 Å². The van der Waals surface area contributed by atoms with Gasteiger partial charge in [0.05, 0.1) is 11.7 Å². The summed E-state index contributed by atoms with van der Waals surface area (Å²) < 4.78 is 7.83. The smallest absolute Gasteiger partial charge is 0.423 e. The third-order valence-corrected chi connectivity index (χ3v) is 5.66. The van der Waals surface area contributed by atoms with Crippen LogP contribution in [-0.2, 0) is 11.2 Å². The number of ether oxygens (including phenoxy) is 1. The predicted octanol–water partition coefficient (Wildman–Crippen LogP) is 2.25. The van der Waals surface area contributed by atoms with E-state index >= 15 is 0 Å². The monoisotopic (exact) mass is 328 g/mol. The molecule has 0 spiro atoms. The summed E-state index contributed by atoms with van der Waals surface area (Å²) in [5.74, 6) is 0.407. The van der Waals surface area contributed by atoms with E-state index in [2.05, 4.69) is 18.1 Å². The zero-order chi connectivity index (χ0) is 16.7. The van der Waals surface area contributed by atoms with Gasteiger partial charge < -0.3 is 14.8 Å². The van der Waals surface area contributed by atoms with Crippen LogP contribution in [0.3, 0.4) is 0 Å². The first kappa shape index (κ1) is 16.1. The minimum Gasteiger partial charge on any atom is -0.423 e. The molecule has 2 atom stereocenters. The van der Waals surface area contributed by atoms with Crippen molar-refractivity contribution in [2.45, 2.75) is 64.0 Å². The number of hydrogen-bond acceptors (Lipinski definition) is 4. The van der Waals surface area contributed by atoms with Gasteiger partial charge in [-0.05, 0) is 73.5 Å². The van der Waals surface area contributed by atoms with Gasteiger partial charge in [0.2, 0.25) is 0 Å². The lowest BCUT2D eigenvalue weighted by molar-refractivity contribution is -0.0366. The van der Waals surface area contributed by atoms with Gasteiger partial charge in [-0.3, -0.25) is 0 Å². The lowest BCUT2D eigenvalue weighted by atomic mass is 9.67. The highest BCUT2D eigenvalue weighted by Crippen LogP contribution is 2.36.